The first-order valence-electron chi connectivity index (χ1n) is 12.5. The van der Waals surface area contributed by atoms with Crippen molar-refractivity contribution in [3.63, 3.8) is 0 Å². The lowest BCUT2D eigenvalue weighted by molar-refractivity contribution is -0.116. The Kier molecular flexibility index (Phi) is 7.73. The van der Waals surface area contributed by atoms with Crippen LogP contribution in [0.4, 0.5) is 9.80 Å². The highest BCUT2D eigenvalue weighted by atomic mass is 32.1. The Hall–Kier alpha value is -2.49. The van der Waals surface area contributed by atoms with Crippen molar-refractivity contribution in [2.45, 2.75) is 85.0 Å². The van der Waals surface area contributed by atoms with Gasteiger partial charge in [-0.05, 0) is 58.7 Å². The van der Waals surface area contributed by atoms with Gasteiger partial charge in [-0.2, -0.15) is 0 Å². The number of hydrogen-bond donors (Lipinski definition) is 2. The van der Waals surface area contributed by atoms with Crippen molar-refractivity contribution < 1.29 is 14.3 Å². The molecule has 36 heavy (non-hydrogen) atoms. The zero-order chi connectivity index (χ0) is 26.2. The van der Waals surface area contributed by atoms with Crippen LogP contribution in [0.25, 0.3) is 20.8 Å². The van der Waals surface area contributed by atoms with E-state index in [1.807, 2.05) is 50.8 Å². The molecule has 0 bridgehead atoms. The van der Waals surface area contributed by atoms with E-state index in [-0.39, 0.29) is 24.1 Å². The van der Waals surface area contributed by atoms with Crippen LogP contribution in [0, 0.1) is 0 Å². The van der Waals surface area contributed by atoms with Gasteiger partial charge in [0, 0.05) is 35.5 Å². The van der Waals surface area contributed by atoms with Crippen LogP contribution in [0.5, 0.6) is 0 Å². The number of hydrogen-bond acceptors (Lipinski definition) is 7. The fourth-order valence-corrected chi connectivity index (χ4v) is 6.94. The summed E-state index contributed by atoms with van der Waals surface area (Å²) in [6, 6.07) is 8.18. The number of anilines is 1. The zero-order valence-corrected chi connectivity index (χ0v) is 23.7. The third-order valence-electron chi connectivity index (χ3n) is 6.08. The van der Waals surface area contributed by atoms with E-state index in [1.165, 1.54) is 0 Å². The van der Waals surface area contributed by atoms with Crippen LogP contribution in [0.15, 0.2) is 24.3 Å². The highest BCUT2D eigenvalue weighted by Gasteiger charge is 2.39. The Morgan fingerprint density at radius 3 is 2.58 bits per heavy atom. The normalized spacial score (nSPS) is 17.9. The van der Waals surface area contributed by atoms with E-state index in [4.69, 9.17) is 9.72 Å². The Balaban J connectivity index is 1.73. The van der Waals surface area contributed by atoms with Crippen LogP contribution in [0.2, 0.25) is 0 Å². The molecule has 2 aromatic heterocycles. The van der Waals surface area contributed by atoms with Gasteiger partial charge in [0.05, 0.1) is 16.3 Å². The van der Waals surface area contributed by atoms with Crippen LogP contribution in [-0.4, -0.2) is 46.1 Å². The van der Waals surface area contributed by atoms with E-state index >= 15 is 0 Å². The van der Waals surface area contributed by atoms with E-state index in [2.05, 4.69) is 37.5 Å². The summed E-state index contributed by atoms with van der Waals surface area (Å²) >= 11 is 3.18. The van der Waals surface area contributed by atoms with Crippen LogP contribution in [-0.2, 0) is 16.0 Å². The Morgan fingerprint density at radius 1 is 1.19 bits per heavy atom. The second kappa shape index (κ2) is 10.5. The molecule has 9 heteroatoms. The number of carbonyl (C=O) groups excluding carboxylic acids is 2. The lowest BCUT2D eigenvalue weighted by Crippen LogP contribution is -2.46. The minimum atomic E-state index is -0.568. The lowest BCUT2D eigenvalue weighted by Gasteiger charge is -2.39. The zero-order valence-electron chi connectivity index (χ0n) is 22.1. The first-order valence-corrected chi connectivity index (χ1v) is 14.1. The van der Waals surface area contributed by atoms with Gasteiger partial charge >= 0.3 is 6.09 Å². The summed E-state index contributed by atoms with van der Waals surface area (Å²) < 4.78 is 6.84. The SMILES string of the molecule is CC(C)NCCC(=O)Nc1sc2c(c1-c1nc3ccccc3s1)CC(C)N(C(=O)OC(C)(C)C)C2C. The molecule has 4 rings (SSSR count). The van der Waals surface area contributed by atoms with E-state index in [9.17, 15) is 9.59 Å². The smallest absolute Gasteiger partial charge is 0.411 e. The van der Waals surface area contributed by atoms with Crippen molar-refractivity contribution in [2.24, 2.45) is 0 Å². The molecule has 3 heterocycles. The maximum Gasteiger partial charge on any atom is 0.411 e. The maximum absolute atomic E-state index is 13.1. The van der Waals surface area contributed by atoms with Crippen LogP contribution in [0.3, 0.4) is 0 Å². The second-order valence-electron chi connectivity index (χ2n) is 10.7. The molecule has 0 saturated carbocycles. The molecule has 1 aliphatic heterocycles. The number of thiazole rings is 1. The number of carbonyl (C=O) groups is 2. The molecule has 0 fully saturated rings. The summed E-state index contributed by atoms with van der Waals surface area (Å²) in [6.45, 7) is 14.5. The maximum atomic E-state index is 13.1. The molecule has 2 atom stereocenters. The van der Waals surface area contributed by atoms with Crippen molar-refractivity contribution in [3.05, 3.63) is 34.7 Å². The highest BCUT2D eigenvalue weighted by molar-refractivity contribution is 7.23. The summed E-state index contributed by atoms with van der Waals surface area (Å²) in [5, 5.41) is 8.17. The van der Waals surface area contributed by atoms with Gasteiger partial charge in [-0.15, -0.1) is 22.7 Å². The van der Waals surface area contributed by atoms with Gasteiger partial charge in [0.15, 0.2) is 0 Å². The fourth-order valence-electron chi connectivity index (χ4n) is 4.53. The molecule has 0 radical (unpaired) electrons. The van der Waals surface area contributed by atoms with Gasteiger partial charge in [0.25, 0.3) is 0 Å². The van der Waals surface area contributed by atoms with Crippen molar-refractivity contribution in [3.8, 4) is 10.6 Å². The largest absolute Gasteiger partial charge is 0.444 e. The summed E-state index contributed by atoms with van der Waals surface area (Å²) in [7, 11) is 0. The lowest BCUT2D eigenvalue weighted by atomic mass is 9.93. The Labute approximate surface area is 221 Å². The van der Waals surface area contributed by atoms with Gasteiger partial charge in [-0.1, -0.05) is 26.0 Å². The van der Waals surface area contributed by atoms with Crippen LogP contribution in [0.1, 0.15) is 71.4 Å². The van der Waals surface area contributed by atoms with E-state index in [0.717, 1.165) is 36.2 Å². The highest BCUT2D eigenvalue weighted by Crippen LogP contribution is 2.50. The number of ether oxygens (including phenoxy) is 1. The molecule has 2 N–H and O–H groups in total. The molecule has 1 aromatic carbocycles. The van der Waals surface area contributed by atoms with Crippen molar-refractivity contribution in [2.75, 3.05) is 11.9 Å². The minimum Gasteiger partial charge on any atom is -0.444 e. The monoisotopic (exact) mass is 528 g/mol. The van der Waals surface area contributed by atoms with Gasteiger partial charge in [-0.25, -0.2) is 9.78 Å². The molecule has 2 amide bonds. The van der Waals surface area contributed by atoms with Crippen molar-refractivity contribution in [1.29, 1.82) is 0 Å². The average Bonchev–Trinajstić information content (AvgIpc) is 3.33. The summed E-state index contributed by atoms with van der Waals surface area (Å²) in [4.78, 5) is 33.8. The topological polar surface area (TPSA) is 83.6 Å². The van der Waals surface area contributed by atoms with Crippen LogP contribution >= 0.6 is 22.7 Å². The predicted molar refractivity (Wildman–Crippen MR) is 149 cm³/mol. The van der Waals surface area contributed by atoms with Crippen molar-refractivity contribution in [1.82, 2.24) is 15.2 Å². The Bertz CT molecular complexity index is 1220. The summed E-state index contributed by atoms with van der Waals surface area (Å²) in [5.74, 6) is -0.0335. The van der Waals surface area contributed by atoms with Gasteiger partial charge in [-0.3, -0.25) is 9.69 Å². The Morgan fingerprint density at radius 2 is 1.92 bits per heavy atom. The second-order valence-corrected chi connectivity index (χ2v) is 12.7. The standard InChI is InChI=1S/C27H36N4O3S2/c1-15(2)28-13-12-21(32)30-25-22(24-29-19-10-8-9-11-20(19)35-24)18-14-16(3)31(17(4)23(18)36-25)26(33)34-27(5,6)7/h8-11,15-17,28H,12-14H2,1-7H3,(H,30,32). The average molecular weight is 529 g/mol. The number of amides is 2. The first kappa shape index (κ1) is 26.6. The number of nitrogens with one attached hydrogen (secondary N) is 2. The minimum absolute atomic E-state index is 0.0335. The third-order valence-corrected chi connectivity index (χ3v) is 8.45. The number of nitrogens with zero attached hydrogens (tertiary/aromatic N) is 2. The molecule has 2 unspecified atom stereocenters. The fraction of sp³-hybridized carbons (Fsp3) is 0.519. The summed E-state index contributed by atoms with van der Waals surface area (Å²) in [5.41, 5.74) is 2.53. The molecule has 0 saturated heterocycles. The van der Waals surface area contributed by atoms with Gasteiger partial charge < -0.3 is 15.4 Å². The molecule has 194 valence electrons. The predicted octanol–water partition coefficient (Wildman–Crippen LogP) is 6.59. The number of rotatable bonds is 6. The van der Waals surface area contributed by atoms with Crippen molar-refractivity contribution >= 4 is 49.9 Å². The number of fused-ring (bicyclic) bond motifs is 2. The number of thiophene rings is 1. The molecular formula is C27H36N4O3S2. The first-order chi connectivity index (χ1) is 16.9. The molecule has 0 spiro atoms. The van der Waals surface area contributed by atoms with E-state index < -0.39 is 5.60 Å². The number of aromatic nitrogens is 1. The van der Waals surface area contributed by atoms with Crippen LogP contribution < -0.4 is 10.6 Å². The molecular weight excluding hydrogens is 492 g/mol. The van der Waals surface area contributed by atoms with Gasteiger partial charge in [0.2, 0.25) is 5.91 Å². The third kappa shape index (κ3) is 5.74. The molecule has 7 nitrogen and oxygen atoms in total. The number of benzene rings is 1. The van der Waals surface area contributed by atoms with E-state index in [1.54, 1.807) is 22.7 Å². The molecule has 3 aromatic rings. The molecule has 0 aliphatic carbocycles. The van der Waals surface area contributed by atoms with Gasteiger partial charge in [0.1, 0.15) is 15.6 Å². The number of para-hydroxylation sites is 1. The summed E-state index contributed by atoms with van der Waals surface area (Å²) in [6.07, 6.45) is 0.745. The van der Waals surface area contributed by atoms with E-state index in [0.29, 0.717) is 25.4 Å². The molecule has 1 aliphatic rings. The quantitative estimate of drug-likeness (QED) is 0.377.